The summed E-state index contributed by atoms with van der Waals surface area (Å²) in [5.74, 6) is -0.729. The van der Waals surface area contributed by atoms with Crippen LogP contribution in [0.4, 0.5) is 17.1 Å². The molecule has 2 heterocycles. The molecule has 0 radical (unpaired) electrons. The number of carbonyl (C=O) groups is 1. The number of carboxylic acid groups (broad SMARTS) is 1. The van der Waals surface area contributed by atoms with Gasteiger partial charge in [0.25, 0.3) is 0 Å². The number of fused-ring (bicyclic) bond motifs is 3. The first kappa shape index (κ1) is 31.0. The van der Waals surface area contributed by atoms with Crippen LogP contribution in [0.5, 0.6) is 0 Å². The Bertz CT molecular complexity index is 1790. The third-order valence-corrected chi connectivity index (χ3v) is 8.15. The Labute approximate surface area is 269 Å². The van der Waals surface area contributed by atoms with Crippen molar-refractivity contribution >= 4 is 44.8 Å². The highest BCUT2D eigenvalue weighted by molar-refractivity contribution is 6.10. The Kier molecular flexibility index (Phi) is 10.1. The lowest BCUT2D eigenvalue weighted by Crippen LogP contribution is -3.00. The molecular formula is C38H38BrN3O2. The van der Waals surface area contributed by atoms with Crippen molar-refractivity contribution in [1.82, 2.24) is 4.57 Å². The Morgan fingerprint density at radius 3 is 1.93 bits per heavy atom. The summed E-state index contributed by atoms with van der Waals surface area (Å²) in [5, 5.41) is 11.4. The molecule has 0 bridgehead atoms. The summed E-state index contributed by atoms with van der Waals surface area (Å²) in [4.78, 5) is 13.1. The summed E-state index contributed by atoms with van der Waals surface area (Å²) in [6.45, 7) is 4.03. The van der Waals surface area contributed by atoms with E-state index in [2.05, 4.69) is 143 Å². The largest absolute Gasteiger partial charge is 1.00 e. The average molecular weight is 649 g/mol. The summed E-state index contributed by atoms with van der Waals surface area (Å²) in [7, 11) is 0. The standard InChI is InChI=1S/C38H37N3O2.BrH/c1-2-3-24-40-36-27-30(29-21-25-39(26-22-29)23-11-10-16-38(42)43)17-19-34(36)35-20-18-33(28-37(35)40)41(31-12-6-4-7-13-31)32-14-8-5-9-15-32;/h4-9,12-15,17-22,25-28H,2-3,10-11,16,23-24H2,1H3;1H. The number of aliphatic carboxylic acids is 1. The maximum atomic E-state index is 10.8. The third kappa shape index (κ3) is 6.71. The van der Waals surface area contributed by atoms with E-state index in [-0.39, 0.29) is 23.4 Å². The molecule has 0 amide bonds. The molecule has 0 saturated heterocycles. The zero-order chi connectivity index (χ0) is 29.6. The molecule has 0 aliphatic heterocycles. The van der Waals surface area contributed by atoms with Gasteiger partial charge >= 0.3 is 5.97 Å². The third-order valence-electron chi connectivity index (χ3n) is 8.15. The zero-order valence-corrected chi connectivity index (χ0v) is 26.7. The summed E-state index contributed by atoms with van der Waals surface area (Å²) in [5.41, 5.74) is 8.29. The summed E-state index contributed by atoms with van der Waals surface area (Å²) < 4.78 is 4.63. The van der Waals surface area contributed by atoms with Gasteiger partial charge < -0.3 is 31.6 Å². The Morgan fingerprint density at radius 2 is 1.32 bits per heavy atom. The molecule has 2 aromatic heterocycles. The van der Waals surface area contributed by atoms with E-state index in [9.17, 15) is 4.79 Å². The lowest BCUT2D eigenvalue weighted by atomic mass is 10.0. The van der Waals surface area contributed by atoms with E-state index >= 15 is 0 Å². The summed E-state index contributed by atoms with van der Waals surface area (Å²) in [6.07, 6.45) is 8.21. The number of benzene rings is 4. The number of anilines is 3. The molecule has 0 unspecified atom stereocenters. The number of hydrogen-bond donors (Lipinski definition) is 1. The quantitative estimate of drug-likeness (QED) is 0.126. The molecule has 6 rings (SSSR count). The first-order valence-corrected chi connectivity index (χ1v) is 15.3. The maximum Gasteiger partial charge on any atom is 0.303 e. The van der Waals surface area contributed by atoms with Crippen LogP contribution < -0.4 is 26.4 Å². The van der Waals surface area contributed by atoms with Crippen LogP contribution in [0.15, 0.2) is 122 Å². The van der Waals surface area contributed by atoms with Crippen LogP contribution >= 0.6 is 0 Å². The van der Waals surface area contributed by atoms with Crippen molar-refractivity contribution in [3.05, 3.63) is 122 Å². The topological polar surface area (TPSA) is 49.4 Å². The second-order valence-electron chi connectivity index (χ2n) is 11.1. The van der Waals surface area contributed by atoms with Gasteiger partial charge in [-0.2, -0.15) is 0 Å². The molecule has 5 nitrogen and oxygen atoms in total. The summed E-state index contributed by atoms with van der Waals surface area (Å²) in [6, 6.07) is 39.2. The van der Waals surface area contributed by atoms with E-state index < -0.39 is 5.97 Å². The molecule has 4 aromatic carbocycles. The fraction of sp³-hybridized carbons (Fsp3) is 0.211. The van der Waals surface area contributed by atoms with Gasteiger partial charge in [0, 0.05) is 64.9 Å². The molecule has 0 atom stereocenters. The number of pyridine rings is 1. The molecule has 0 fully saturated rings. The van der Waals surface area contributed by atoms with Crippen LogP contribution in [0, 0.1) is 0 Å². The van der Waals surface area contributed by atoms with Gasteiger partial charge in [-0.3, -0.25) is 4.79 Å². The van der Waals surface area contributed by atoms with Crippen molar-refractivity contribution in [1.29, 1.82) is 0 Å². The minimum absolute atomic E-state index is 0. The Morgan fingerprint density at radius 1 is 0.705 bits per heavy atom. The highest BCUT2D eigenvalue weighted by atomic mass is 79.9. The minimum atomic E-state index is -0.729. The fourth-order valence-corrected chi connectivity index (χ4v) is 5.93. The fourth-order valence-electron chi connectivity index (χ4n) is 5.93. The van der Waals surface area contributed by atoms with Gasteiger partial charge in [0.05, 0.1) is 5.52 Å². The molecule has 224 valence electrons. The average Bonchev–Trinajstić information content (AvgIpc) is 3.35. The molecule has 0 spiro atoms. The number of nitrogens with zero attached hydrogens (tertiary/aromatic N) is 3. The van der Waals surface area contributed by atoms with Gasteiger partial charge in [0.15, 0.2) is 12.4 Å². The SMILES string of the molecule is CCCCn1c2cc(-c3cc[n+](CCCCC(=O)O)cc3)ccc2c2ccc(N(c3ccccc3)c3ccccc3)cc21.[Br-]. The molecule has 6 heteroatoms. The number of aryl methyl sites for hydroxylation is 2. The van der Waals surface area contributed by atoms with Crippen molar-refractivity contribution in [3.63, 3.8) is 0 Å². The predicted molar refractivity (Wildman–Crippen MR) is 176 cm³/mol. The van der Waals surface area contributed by atoms with Crippen LogP contribution in [0.2, 0.25) is 0 Å². The smallest absolute Gasteiger partial charge is 0.303 e. The van der Waals surface area contributed by atoms with E-state index in [1.54, 1.807) is 0 Å². The van der Waals surface area contributed by atoms with Crippen LogP contribution in [0.25, 0.3) is 32.9 Å². The zero-order valence-electron chi connectivity index (χ0n) is 25.1. The minimum Gasteiger partial charge on any atom is -1.00 e. The molecule has 6 aromatic rings. The number of aromatic nitrogens is 2. The second kappa shape index (κ2) is 14.4. The molecule has 0 aliphatic rings. The molecule has 0 saturated carbocycles. The monoisotopic (exact) mass is 647 g/mol. The lowest BCUT2D eigenvalue weighted by molar-refractivity contribution is -0.697. The van der Waals surface area contributed by atoms with E-state index in [4.69, 9.17) is 5.11 Å². The van der Waals surface area contributed by atoms with Crippen LogP contribution in [0.3, 0.4) is 0 Å². The molecule has 0 aliphatic carbocycles. The van der Waals surface area contributed by atoms with Crippen molar-refractivity contribution in [2.24, 2.45) is 0 Å². The van der Waals surface area contributed by atoms with Crippen molar-refractivity contribution in [2.45, 2.75) is 52.1 Å². The maximum absolute atomic E-state index is 10.8. The number of unbranched alkanes of at least 4 members (excludes halogenated alkanes) is 2. The van der Waals surface area contributed by atoms with Gasteiger partial charge in [-0.05, 0) is 66.4 Å². The van der Waals surface area contributed by atoms with Gasteiger partial charge in [-0.15, -0.1) is 0 Å². The Balaban J connectivity index is 0.00000384. The second-order valence-corrected chi connectivity index (χ2v) is 11.1. The van der Waals surface area contributed by atoms with Crippen LogP contribution in [-0.2, 0) is 17.9 Å². The number of carboxylic acids is 1. The van der Waals surface area contributed by atoms with E-state index in [1.165, 1.54) is 32.9 Å². The summed E-state index contributed by atoms with van der Waals surface area (Å²) >= 11 is 0. The van der Waals surface area contributed by atoms with Crippen molar-refractivity contribution in [3.8, 4) is 11.1 Å². The van der Waals surface area contributed by atoms with E-state index in [1.807, 2.05) is 0 Å². The Hall–Kier alpha value is -4.42. The number of para-hydroxylation sites is 2. The molecular weight excluding hydrogens is 610 g/mol. The van der Waals surface area contributed by atoms with Gasteiger partial charge in [-0.1, -0.05) is 67.9 Å². The van der Waals surface area contributed by atoms with Crippen LogP contribution in [0.1, 0.15) is 39.0 Å². The first-order valence-electron chi connectivity index (χ1n) is 15.3. The number of halogens is 1. The first-order chi connectivity index (χ1) is 21.1. The van der Waals surface area contributed by atoms with Gasteiger partial charge in [0.2, 0.25) is 0 Å². The molecule has 1 N–H and O–H groups in total. The highest BCUT2D eigenvalue weighted by Gasteiger charge is 2.17. The van der Waals surface area contributed by atoms with E-state index in [0.717, 1.165) is 49.4 Å². The van der Waals surface area contributed by atoms with Gasteiger partial charge in [-0.25, -0.2) is 4.57 Å². The lowest BCUT2D eigenvalue weighted by Gasteiger charge is -2.25. The predicted octanol–water partition coefficient (Wildman–Crippen LogP) is 6.28. The highest BCUT2D eigenvalue weighted by Crippen LogP contribution is 2.39. The van der Waals surface area contributed by atoms with Gasteiger partial charge in [0.1, 0.15) is 6.54 Å². The number of rotatable bonds is 12. The normalized spacial score (nSPS) is 11.0. The molecule has 44 heavy (non-hydrogen) atoms. The van der Waals surface area contributed by atoms with Crippen molar-refractivity contribution in [2.75, 3.05) is 4.90 Å². The van der Waals surface area contributed by atoms with Crippen molar-refractivity contribution < 1.29 is 31.4 Å². The van der Waals surface area contributed by atoms with Crippen LogP contribution in [-0.4, -0.2) is 15.6 Å². The number of hydrogen-bond acceptors (Lipinski definition) is 2. The van der Waals surface area contributed by atoms with E-state index in [0.29, 0.717) is 6.42 Å².